The monoisotopic (exact) mass is 540 g/mol. The summed E-state index contributed by atoms with van der Waals surface area (Å²) in [5.74, 6) is -0.696. The number of esters is 1. The lowest BCUT2D eigenvalue weighted by Gasteiger charge is -2.22. The molecule has 0 aliphatic heterocycles. The van der Waals surface area contributed by atoms with Gasteiger partial charge in [0.1, 0.15) is 0 Å². The van der Waals surface area contributed by atoms with Crippen molar-refractivity contribution >= 4 is 40.9 Å². The zero-order valence-corrected chi connectivity index (χ0v) is 22.2. The Labute approximate surface area is 223 Å². The van der Waals surface area contributed by atoms with Crippen LogP contribution in [0.2, 0.25) is 0 Å². The number of nitro groups is 1. The summed E-state index contributed by atoms with van der Waals surface area (Å²) < 4.78 is 6.49. The lowest BCUT2D eigenvalue weighted by atomic mass is 10.0. The molecule has 3 aromatic rings. The fourth-order valence-electron chi connectivity index (χ4n) is 3.58. The first kappa shape index (κ1) is 28.3. The summed E-state index contributed by atoms with van der Waals surface area (Å²) >= 11 is 1.20. The number of amides is 2. The van der Waals surface area contributed by atoms with E-state index in [-0.39, 0.29) is 28.8 Å². The molecule has 2 aromatic carbocycles. The minimum atomic E-state index is -0.554. The van der Waals surface area contributed by atoms with Crippen LogP contribution in [0.5, 0.6) is 0 Å². The van der Waals surface area contributed by atoms with Gasteiger partial charge < -0.3 is 19.9 Å². The fraction of sp³-hybridized carbons (Fsp3) is 0.320. The van der Waals surface area contributed by atoms with Crippen LogP contribution in [0.3, 0.4) is 0 Å². The Morgan fingerprint density at radius 1 is 1.11 bits per heavy atom. The Hall–Kier alpha value is -4.26. The van der Waals surface area contributed by atoms with E-state index in [1.807, 2.05) is 25.3 Å². The summed E-state index contributed by atoms with van der Waals surface area (Å²) in [5.41, 5.74) is 0.899. The van der Waals surface area contributed by atoms with Gasteiger partial charge in [-0.25, -0.2) is 4.79 Å². The molecule has 1 aromatic heterocycles. The zero-order valence-electron chi connectivity index (χ0n) is 21.3. The van der Waals surface area contributed by atoms with Gasteiger partial charge in [0.05, 0.1) is 29.4 Å². The van der Waals surface area contributed by atoms with Crippen LogP contribution < -0.4 is 10.6 Å². The highest BCUT2D eigenvalue weighted by atomic mass is 32.2. The van der Waals surface area contributed by atoms with Crippen molar-refractivity contribution in [2.45, 2.75) is 38.5 Å². The van der Waals surface area contributed by atoms with Crippen molar-refractivity contribution in [2.24, 2.45) is 5.92 Å². The number of methoxy groups -OCH3 is 1. The van der Waals surface area contributed by atoms with E-state index >= 15 is 0 Å². The first-order chi connectivity index (χ1) is 18.1. The maximum atomic E-state index is 12.9. The maximum Gasteiger partial charge on any atom is 0.337 e. The van der Waals surface area contributed by atoms with Gasteiger partial charge in [0.15, 0.2) is 11.0 Å². The lowest BCUT2D eigenvalue weighted by Crippen LogP contribution is -2.33. The van der Waals surface area contributed by atoms with Gasteiger partial charge in [-0.2, -0.15) is 0 Å². The van der Waals surface area contributed by atoms with Gasteiger partial charge in [-0.05, 0) is 43.2 Å². The van der Waals surface area contributed by atoms with Gasteiger partial charge in [0.2, 0.25) is 5.91 Å². The van der Waals surface area contributed by atoms with Crippen molar-refractivity contribution in [3.05, 3.63) is 75.6 Å². The molecular formula is C25H28N6O6S. The number of hydrogen-bond acceptors (Lipinski definition) is 9. The topological polar surface area (TPSA) is 158 Å². The second-order valence-corrected chi connectivity index (χ2v) is 9.44. The van der Waals surface area contributed by atoms with Crippen LogP contribution in [0.4, 0.5) is 11.4 Å². The van der Waals surface area contributed by atoms with Crippen molar-refractivity contribution in [3.63, 3.8) is 0 Å². The molecule has 0 radical (unpaired) electrons. The minimum Gasteiger partial charge on any atom is -0.465 e. The van der Waals surface area contributed by atoms with E-state index in [0.29, 0.717) is 28.8 Å². The third-order valence-electron chi connectivity index (χ3n) is 5.53. The van der Waals surface area contributed by atoms with E-state index in [1.165, 1.54) is 43.1 Å². The smallest absolute Gasteiger partial charge is 0.337 e. The number of ether oxygens (including phenoxy) is 1. The number of carbonyl (C=O) groups is 3. The van der Waals surface area contributed by atoms with Gasteiger partial charge in [-0.15, -0.1) is 10.2 Å². The number of hydrogen-bond donors (Lipinski definition) is 2. The fourth-order valence-corrected chi connectivity index (χ4v) is 4.39. The van der Waals surface area contributed by atoms with Crippen LogP contribution >= 0.6 is 11.8 Å². The third-order valence-corrected chi connectivity index (χ3v) is 6.50. The van der Waals surface area contributed by atoms with Gasteiger partial charge >= 0.3 is 5.97 Å². The molecular weight excluding hydrogens is 512 g/mol. The first-order valence-electron chi connectivity index (χ1n) is 11.7. The van der Waals surface area contributed by atoms with Gasteiger partial charge in [-0.1, -0.05) is 31.7 Å². The van der Waals surface area contributed by atoms with Crippen molar-refractivity contribution in [1.82, 2.24) is 20.1 Å². The molecule has 1 heterocycles. The molecule has 0 spiro atoms. The Balaban J connectivity index is 1.69. The molecule has 0 bridgehead atoms. The predicted molar refractivity (Wildman–Crippen MR) is 141 cm³/mol. The molecule has 3 rings (SSSR count). The van der Waals surface area contributed by atoms with Gasteiger partial charge in [0, 0.05) is 29.9 Å². The number of benzene rings is 2. The molecule has 13 heteroatoms. The Morgan fingerprint density at radius 3 is 2.42 bits per heavy atom. The summed E-state index contributed by atoms with van der Waals surface area (Å²) in [7, 11) is 1.30. The van der Waals surface area contributed by atoms with E-state index in [9.17, 15) is 24.5 Å². The van der Waals surface area contributed by atoms with Crippen LogP contribution in [-0.4, -0.2) is 50.3 Å². The Kier molecular flexibility index (Phi) is 9.55. The standard InChI is InChI=1S/C25H28N6O6S/c1-5-30-22(21(15(2)3)27-23(33)17-7-6-8-19(13-17)31(35)36)28-29-25(30)38-14-20(32)26-18-11-9-16(10-12-18)24(34)37-4/h6-13,15,21H,5,14H2,1-4H3,(H,26,32)(H,27,33)/t21-/m0/s1. The summed E-state index contributed by atoms with van der Waals surface area (Å²) in [6.45, 7) is 6.23. The second-order valence-electron chi connectivity index (χ2n) is 8.49. The Morgan fingerprint density at radius 2 is 1.82 bits per heavy atom. The zero-order chi connectivity index (χ0) is 27.8. The average Bonchev–Trinajstić information content (AvgIpc) is 3.32. The van der Waals surface area contributed by atoms with Crippen molar-refractivity contribution in [3.8, 4) is 0 Å². The van der Waals surface area contributed by atoms with E-state index in [0.717, 1.165) is 0 Å². The summed E-state index contributed by atoms with van der Waals surface area (Å²) in [4.78, 5) is 47.5. The highest BCUT2D eigenvalue weighted by Gasteiger charge is 2.26. The molecule has 2 N–H and O–H groups in total. The minimum absolute atomic E-state index is 0.0588. The van der Waals surface area contributed by atoms with E-state index in [2.05, 4.69) is 25.6 Å². The highest BCUT2D eigenvalue weighted by Crippen LogP contribution is 2.26. The first-order valence-corrected chi connectivity index (χ1v) is 12.7. The molecule has 2 amide bonds. The maximum absolute atomic E-state index is 12.9. The molecule has 0 saturated carbocycles. The summed E-state index contributed by atoms with van der Waals surface area (Å²) in [6, 6.07) is 11.3. The number of non-ortho nitro benzene ring substituents is 1. The van der Waals surface area contributed by atoms with Crippen LogP contribution in [-0.2, 0) is 16.1 Å². The SMILES string of the molecule is CCn1c(SCC(=O)Nc2ccc(C(=O)OC)cc2)nnc1[C@@H](NC(=O)c1cccc([N+](=O)[O-])c1)C(C)C. The molecule has 0 aliphatic rings. The largest absolute Gasteiger partial charge is 0.465 e. The molecule has 200 valence electrons. The Bertz CT molecular complexity index is 1320. The normalized spacial score (nSPS) is 11.6. The van der Waals surface area contributed by atoms with Crippen molar-refractivity contribution in [1.29, 1.82) is 0 Å². The molecule has 0 saturated heterocycles. The number of nitrogens with one attached hydrogen (secondary N) is 2. The molecule has 1 atom stereocenters. The number of carbonyl (C=O) groups excluding carboxylic acids is 3. The average molecular weight is 541 g/mol. The molecule has 0 fully saturated rings. The molecule has 12 nitrogen and oxygen atoms in total. The number of anilines is 1. The quantitative estimate of drug-likeness (QED) is 0.159. The van der Waals surface area contributed by atoms with Gasteiger partial charge in [-0.3, -0.25) is 19.7 Å². The summed E-state index contributed by atoms with van der Waals surface area (Å²) in [5, 5.41) is 25.8. The van der Waals surface area contributed by atoms with Crippen LogP contribution in [0.15, 0.2) is 53.7 Å². The van der Waals surface area contributed by atoms with E-state index < -0.39 is 22.8 Å². The van der Waals surface area contributed by atoms with Gasteiger partial charge in [0.25, 0.3) is 11.6 Å². The van der Waals surface area contributed by atoms with E-state index in [4.69, 9.17) is 0 Å². The number of aromatic nitrogens is 3. The number of rotatable bonds is 11. The van der Waals surface area contributed by atoms with Crippen molar-refractivity contribution in [2.75, 3.05) is 18.2 Å². The van der Waals surface area contributed by atoms with Crippen LogP contribution in [0.1, 0.15) is 53.4 Å². The lowest BCUT2D eigenvalue weighted by molar-refractivity contribution is -0.384. The highest BCUT2D eigenvalue weighted by molar-refractivity contribution is 7.99. The molecule has 0 aliphatic carbocycles. The number of nitro benzene ring substituents is 1. The van der Waals surface area contributed by atoms with Crippen molar-refractivity contribution < 1.29 is 24.0 Å². The third kappa shape index (κ3) is 6.94. The molecule has 38 heavy (non-hydrogen) atoms. The number of thioether (sulfide) groups is 1. The summed E-state index contributed by atoms with van der Waals surface area (Å²) in [6.07, 6.45) is 0. The van der Waals surface area contributed by atoms with Crippen LogP contribution in [0.25, 0.3) is 0 Å². The molecule has 0 unspecified atom stereocenters. The predicted octanol–water partition coefficient (Wildman–Crippen LogP) is 3.85. The van der Waals surface area contributed by atoms with E-state index in [1.54, 1.807) is 24.3 Å². The number of nitrogens with zero attached hydrogens (tertiary/aromatic N) is 4. The van der Waals surface area contributed by atoms with Crippen LogP contribution in [0, 0.1) is 16.0 Å². The second kappa shape index (κ2) is 12.8.